The standard InChI is InChI=1S/C24H24N2O/c1-2-24(25)16-22(24)19-12-14-21(15-13-19)26-23(27)20-10-8-18(9-11-20)17-6-4-3-5-7-17/h3-15,22H,2,16,25H2,1H3,(H,26,27)/t22-,24+/m1/s1. The highest BCUT2D eigenvalue weighted by atomic mass is 16.1. The molecule has 1 fully saturated rings. The van der Waals surface area contributed by atoms with E-state index < -0.39 is 0 Å². The van der Waals surface area contributed by atoms with Crippen LogP contribution in [0.25, 0.3) is 11.1 Å². The summed E-state index contributed by atoms with van der Waals surface area (Å²) in [5, 5.41) is 2.97. The Labute approximate surface area is 160 Å². The number of hydrogen-bond acceptors (Lipinski definition) is 2. The van der Waals surface area contributed by atoms with Gasteiger partial charge in [-0.3, -0.25) is 4.79 Å². The first-order valence-corrected chi connectivity index (χ1v) is 9.45. The van der Waals surface area contributed by atoms with Crippen molar-refractivity contribution in [2.45, 2.75) is 31.2 Å². The molecule has 3 heteroatoms. The first-order chi connectivity index (χ1) is 13.1. The van der Waals surface area contributed by atoms with Gasteiger partial charge in [-0.2, -0.15) is 0 Å². The molecule has 0 spiro atoms. The number of benzene rings is 3. The van der Waals surface area contributed by atoms with E-state index in [-0.39, 0.29) is 11.4 Å². The summed E-state index contributed by atoms with van der Waals surface area (Å²) in [4.78, 5) is 12.5. The van der Waals surface area contributed by atoms with Crippen molar-refractivity contribution in [2.75, 3.05) is 5.32 Å². The van der Waals surface area contributed by atoms with E-state index in [1.165, 1.54) is 5.56 Å². The molecule has 0 unspecified atom stereocenters. The molecule has 0 radical (unpaired) electrons. The summed E-state index contributed by atoms with van der Waals surface area (Å²) < 4.78 is 0. The molecule has 3 aromatic carbocycles. The molecule has 0 saturated heterocycles. The summed E-state index contributed by atoms with van der Waals surface area (Å²) in [7, 11) is 0. The summed E-state index contributed by atoms with van der Waals surface area (Å²) in [5.41, 5.74) is 11.2. The van der Waals surface area contributed by atoms with Crippen molar-refractivity contribution in [1.29, 1.82) is 0 Å². The third-order valence-corrected chi connectivity index (χ3v) is 5.60. The van der Waals surface area contributed by atoms with Crippen LogP contribution in [0.4, 0.5) is 5.69 Å². The van der Waals surface area contributed by atoms with Gasteiger partial charge in [-0.1, -0.05) is 61.5 Å². The van der Waals surface area contributed by atoms with Gasteiger partial charge in [0.2, 0.25) is 0 Å². The summed E-state index contributed by atoms with van der Waals surface area (Å²) in [6, 6.07) is 25.9. The van der Waals surface area contributed by atoms with E-state index in [1.54, 1.807) is 0 Å². The monoisotopic (exact) mass is 356 g/mol. The lowest BCUT2D eigenvalue weighted by Crippen LogP contribution is -2.22. The molecule has 27 heavy (non-hydrogen) atoms. The van der Waals surface area contributed by atoms with Crippen LogP contribution in [-0.2, 0) is 0 Å². The molecule has 0 bridgehead atoms. The average Bonchev–Trinajstić information content (AvgIpc) is 3.41. The summed E-state index contributed by atoms with van der Waals surface area (Å²) >= 11 is 0. The van der Waals surface area contributed by atoms with Gasteiger partial charge >= 0.3 is 0 Å². The molecule has 3 nitrogen and oxygen atoms in total. The van der Waals surface area contributed by atoms with Gasteiger partial charge in [-0.25, -0.2) is 0 Å². The van der Waals surface area contributed by atoms with E-state index in [0.29, 0.717) is 11.5 Å². The van der Waals surface area contributed by atoms with Crippen LogP contribution >= 0.6 is 0 Å². The Bertz CT molecular complexity index is 932. The van der Waals surface area contributed by atoms with Crippen LogP contribution in [0.2, 0.25) is 0 Å². The number of carbonyl (C=O) groups excluding carboxylic acids is 1. The number of amides is 1. The van der Waals surface area contributed by atoms with E-state index >= 15 is 0 Å². The lowest BCUT2D eigenvalue weighted by Gasteiger charge is -2.10. The van der Waals surface area contributed by atoms with E-state index in [2.05, 4.69) is 36.5 Å². The van der Waals surface area contributed by atoms with Crippen LogP contribution in [-0.4, -0.2) is 11.4 Å². The Balaban J connectivity index is 1.42. The second-order valence-corrected chi connectivity index (χ2v) is 7.36. The molecule has 1 aliphatic carbocycles. The lowest BCUT2D eigenvalue weighted by molar-refractivity contribution is 0.102. The van der Waals surface area contributed by atoms with Crippen molar-refractivity contribution < 1.29 is 4.79 Å². The Hall–Kier alpha value is -2.91. The SMILES string of the molecule is CC[C@]1(N)C[C@@H]1c1ccc(NC(=O)c2ccc(-c3ccccc3)cc2)cc1. The van der Waals surface area contributed by atoms with Gasteiger partial charge in [0.05, 0.1) is 0 Å². The normalized spacial score (nSPS) is 20.9. The van der Waals surface area contributed by atoms with Gasteiger partial charge in [0.1, 0.15) is 0 Å². The summed E-state index contributed by atoms with van der Waals surface area (Å²) in [6.07, 6.45) is 2.04. The molecule has 1 amide bonds. The molecular weight excluding hydrogens is 332 g/mol. The molecule has 0 heterocycles. The molecule has 0 aromatic heterocycles. The van der Waals surface area contributed by atoms with Crippen molar-refractivity contribution in [3.63, 3.8) is 0 Å². The maximum absolute atomic E-state index is 12.5. The smallest absolute Gasteiger partial charge is 0.255 e. The second-order valence-electron chi connectivity index (χ2n) is 7.36. The zero-order valence-electron chi connectivity index (χ0n) is 15.5. The minimum Gasteiger partial charge on any atom is -0.325 e. The van der Waals surface area contributed by atoms with Crippen LogP contribution in [0, 0.1) is 0 Å². The molecule has 1 saturated carbocycles. The second kappa shape index (κ2) is 7.01. The summed E-state index contributed by atoms with van der Waals surface area (Å²) in [6.45, 7) is 2.14. The molecule has 2 atom stereocenters. The number of rotatable bonds is 5. The number of carbonyl (C=O) groups is 1. The molecule has 3 N–H and O–H groups in total. The predicted molar refractivity (Wildman–Crippen MR) is 111 cm³/mol. The van der Waals surface area contributed by atoms with Gasteiger partial charge in [-0.05, 0) is 53.8 Å². The van der Waals surface area contributed by atoms with Crippen LogP contribution in [0.5, 0.6) is 0 Å². The fraction of sp³-hybridized carbons (Fsp3) is 0.208. The van der Waals surface area contributed by atoms with Gasteiger partial charge in [0.25, 0.3) is 5.91 Å². The fourth-order valence-electron chi connectivity index (χ4n) is 3.61. The molecule has 136 valence electrons. The van der Waals surface area contributed by atoms with E-state index in [1.807, 2.05) is 54.6 Å². The van der Waals surface area contributed by atoms with Gasteiger partial charge < -0.3 is 11.1 Å². The van der Waals surface area contributed by atoms with Crippen molar-refractivity contribution in [3.8, 4) is 11.1 Å². The quantitative estimate of drug-likeness (QED) is 0.660. The van der Waals surface area contributed by atoms with E-state index in [0.717, 1.165) is 29.7 Å². The Morgan fingerprint density at radius 2 is 1.59 bits per heavy atom. The lowest BCUT2D eigenvalue weighted by atomic mass is 10.0. The molecular formula is C24H24N2O. The van der Waals surface area contributed by atoms with Gasteiger partial charge in [0, 0.05) is 22.7 Å². The van der Waals surface area contributed by atoms with Crippen molar-refractivity contribution in [2.24, 2.45) is 5.73 Å². The van der Waals surface area contributed by atoms with Gasteiger partial charge in [0.15, 0.2) is 0 Å². The maximum atomic E-state index is 12.5. The van der Waals surface area contributed by atoms with Crippen LogP contribution in [0.1, 0.15) is 41.6 Å². The van der Waals surface area contributed by atoms with E-state index in [4.69, 9.17) is 5.73 Å². The Morgan fingerprint density at radius 1 is 0.963 bits per heavy atom. The number of nitrogens with one attached hydrogen (secondary N) is 1. The van der Waals surface area contributed by atoms with Crippen molar-refractivity contribution >= 4 is 11.6 Å². The average molecular weight is 356 g/mol. The molecule has 0 aliphatic heterocycles. The van der Waals surface area contributed by atoms with Crippen molar-refractivity contribution in [3.05, 3.63) is 90.0 Å². The number of nitrogens with two attached hydrogens (primary N) is 1. The van der Waals surface area contributed by atoms with Crippen LogP contribution in [0.15, 0.2) is 78.9 Å². The van der Waals surface area contributed by atoms with Crippen molar-refractivity contribution in [1.82, 2.24) is 0 Å². The van der Waals surface area contributed by atoms with Crippen LogP contribution in [0.3, 0.4) is 0 Å². The largest absolute Gasteiger partial charge is 0.325 e. The molecule has 4 rings (SSSR count). The first kappa shape index (κ1) is 17.5. The van der Waals surface area contributed by atoms with Gasteiger partial charge in [-0.15, -0.1) is 0 Å². The topological polar surface area (TPSA) is 55.1 Å². The highest BCUT2D eigenvalue weighted by Crippen LogP contribution is 2.51. The molecule has 3 aromatic rings. The highest BCUT2D eigenvalue weighted by Gasteiger charge is 2.49. The zero-order valence-corrected chi connectivity index (χ0v) is 15.5. The number of hydrogen-bond donors (Lipinski definition) is 2. The minimum atomic E-state index is -0.101. The third kappa shape index (κ3) is 3.64. The minimum absolute atomic E-state index is 0.0364. The van der Waals surface area contributed by atoms with E-state index in [9.17, 15) is 4.79 Å². The fourth-order valence-corrected chi connectivity index (χ4v) is 3.61. The molecule has 1 aliphatic rings. The third-order valence-electron chi connectivity index (χ3n) is 5.60. The Morgan fingerprint density at radius 3 is 2.19 bits per heavy atom. The zero-order chi connectivity index (χ0) is 18.9. The maximum Gasteiger partial charge on any atom is 0.255 e. The number of anilines is 1. The van der Waals surface area contributed by atoms with Crippen LogP contribution < -0.4 is 11.1 Å². The highest BCUT2D eigenvalue weighted by molar-refractivity contribution is 6.04. The first-order valence-electron chi connectivity index (χ1n) is 9.45. The Kier molecular flexibility index (Phi) is 4.54. The summed E-state index contributed by atoms with van der Waals surface area (Å²) in [5.74, 6) is 0.341. The predicted octanol–water partition coefficient (Wildman–Crippen LogP) is 5.20.